The Morgan fingerprint density at radius 2 is 1.47 bits per heavy atom. The van der Waals surface area contributed by atoms with Gasteiger partial charge in [-0.15, -0.1) is 0 Å². The maximum atomic E-state index is 12.6. The van der Waals surface area contributed by atoms with E-state index in [-0.39, 0.29) is 17.7 Å². The summed E-state index contributed by atoms with van der Waals surface area (Å²) in [4.78, 5) is 12.8. The van der Waals surface area contributed by atoms with Gasteiger partial charge in [0, 0.05) is 19.8 Å². The number of azo groups is 1. The van der Waals surface area contributed by atoms with Gasteiger partial charge in [-0.05, 0) is 67.8 Å². The molecule has 5 N–H and O–H groups in total. The summed E-state index contributed by atoms with van der Waals surface area (Å²) in [7, 11) is 0.154. The molecule has 0 heterocycles. The summed E-state index contributed by atoms with van der Waals surface area (Å²) in [5, 5.41) is 15.9. The molecular formula is C20H27N5O4S. The van der Waals surface area contributed by atoms with E-state index in [1.165, 1.54) is 12.1 Å². The van der Waals surface area contributed by atoms with Crippen LogP contribution in [0.25, 0.3) is 0 Å². The standard InChI is InChI=1S/C20H27N5O4S/c1-25(2)16-10-6-14(7-11-16)23-24-15-8-12-17(13-9-15)30(28,29)19(22)5-3-4-18(21)20(26)27/h6-13,18-19H,3-5,21-22H2,1-2H3,(H,26,27)/t18-,19?/m0/s1. The Hall–Kier alpha value is -2.82. The Morgan fingerprint density at radius 3 is 1.93 bits per heavy atom. The molecule has 0 amide bonds. The molecule has 0 fully saturated rings. The molecule has 30 heavy (non-hydrogen) atoms. The third kappa shape index (κ3) is 6.34. The van der Waals surface area contributed by atoms with E-state index in [0.717, 1.165) is 5.69 Å². The van der Waals surface area contributed by atoms with Crippen molar-refractivity contribution in [1.29, 1.82) is 0 Å². The van der Waals surface area contributed by atoms with Crippen LogP contribution in [0, 0.1) is 0 Å². The number of aliphatic carboxylic acids is 1. The maximum absolute atomic E-state index is 12.6. The smallest absolute Gasteiger partial charge is 0.320 e. The molecule has 9 nitrogen and oxygen atoms in total. The van der Waals surface area contributed by atoms with Gasteiger partial charge in [-0.2, -0.15) is 10.2 Å². The molecule has 0 aliphatic rings. The minimum atomic E-state index is -3.74. The van der Waals surface area contributed by atoms with Crippen molar-refractivity contribution < 1.29 is 18.3 Å². The highest BCUT2D eigenvalue weighted by Gasteiger charge is 2.24. The number of rotatable bonds is 10. The molecule has 0 bridgehead atoms. The number of hydrogen-bond donors (Lipinski definition) is 3. The lowest BCUT2D eigenvalue weighted by atomic mass is 10.1. The van der Waals surface area contributed by atoms with Crippen LogP contribution in [-0.2, 0) is 14.6 Å². The summed E-state index contributed by atoms with van der Waals surface area (Å²) < 4.78 is 25.2. The first-order valence-corrected chi connectivity index (χ1v) is 10.9. The predicted octanol–water partition coefficient (Wildman–Crippen LogP) is 2.81. The van der Waals surface area contributed by atoms with Gasteiger partial charge in [-0.1, -0.05) is 0 Å². The Morgan fingerprint density at radius 1 is 0.967 bits per heavy atom. The average Bonchev–Trinajstić information content (AvgIpc) is 2.72. The topological polar surface area (TPSA) is 151 Å². The Labute approximate surface area is 176 Å². The zero-order chi connectivity index (χ0) is 22.3. The summed E-state index contributed by atoms with van der Waals surface area (Å²) in [6.45, 7) is 0. The van der Waals surface area contributed by atoms with Gasteiger partial charge in [0.15, 0.2) is 9.84 Å². The SMILES string of the molecule is CN(C)c1ccc(N=Nc2ccc(S(=O)(=O)C(N)CCC[C@H](N)C(=O)O)cc2)cc1. The Balaban J connectivity index is 2.00. The van der Waals surface area contributed by atoms with Gasteiger partial charge in [0.2, 0.25) is 0 Å². The molecule has 10 heteroatoms. The van der Waals surface area contributed by atoms with Gasteiger partial charge >= 0.3 is 5.97 Å². The van der Waals surface area contributed by atoms with Crippen LogP contribution in [0.2, 0.25) is 0 Å². The van der Waals surface area contributed by atoms with Crippen molar-refractivity contribution in [1.82, 2.24) is 0 Å². The Bertz CT molecular complexity index is 973. The minimum absolute atomic E-state index is 0.0758. The normalized spacial score (nSPS) is 13.9. The Kier molecular flexibility index (Phi) is 8.04. The average molecular weight is 434 g/mol. The summed E-state index contributed by atoms with van der Waals surface area (Å²) in [5.74, 6) is -1.12. The second-order valence-electron chi connectivity index (χ2n) is 7.06. The number of benzene rings is 2. The van der Waals surface area contributed by atoms with E-state index in [1.807, 2.05) is 43.3 Å². The fraction of sp³-hybridized carbons (Fsp3) is 0.350. The first-order valence-electron chi connectivity index (χ1n) is 9.38. The van der Waals surface area contributed by atoms with E-state index in [9.17, 15) is 13.2 Å². The molecule has 0 aromatic heterocycles. The summed E-state index contributed by atoms with van der Waals surface area (Å²) in [6, 6.07) is 12.5. The summed E-state index contributed by atoms with van der Waals surface area (Å²) in [5.41, 5.74) is 13.5. The highest BCUT2D eigenvalue weighted by Crippen LogP contribution is 2.24. The van der Waals surface area contributed by atoms with Gasteiger partial charge < -0.3 is 21.5 Å². The number of anilines is 1. The summed E-state index contributed by atoms with van der Waals surface area (Å²) >= 11 is 0. The van der Waals surface area contributed by atoms with Gasteiger partial charge in [0.1, 0.15) is 11.4 Å². The van der Waals surface area contributed by atoms with Crippen LogP contribution < -0.4 is 16.4 Å². The fourth-order valence-electron chi connectivity index (χ4n) is 2.63. The van der Waals surface area contributed by atoms with Crippen molar-refractivity contribution in [3.8, 4) is 0 Å². The van der Waals surface area contributed by atoms with Crippen molar-refractivity contribution >= 4 is 32.9 Å². The van der Waals surface area contributed by atoms with Gasteiger partial charge in [0.25, 0.3) is 0 Å². The van der Waals surface area contributed by atoms with Crippen LogP contribution in [0.1, 0.15) is 19.3 Å². The predicted molar refractivity (Wildman–Crippen MR) is 116 cm³/mol. The largest absolute Gasteiger partial charge is 0.480 e. The first-order chi connectivity index (χ1) is 14.1. The second kappa shape index (κ2) is 10.3. The molecular weight excluding hydrogens is 406 g/mol. The molecule has 0 saturated heterocycles. The van der Waals surface area contributed by atoms with E-state index >= 15 is 0 Å². The van der Waals surface area contributed by atoms with E-state index < -0.39 is 27.2 Å². The zero-order valence-corrected chi connectivity index (χ0v) is 17.8. The lowest BCUT2D eigenvalue weighted by Gasteiger charge is -2.14. The van der Waals surface area contributed by atoms with Crippen molar-refractivity contribution in [2.24, 2.45) is 21.7 Å². The first kappa shape index (κ1) is 23.5. The number of nitrogens with zero attached hydrogens (tertiary/aromatic N) is 3. The van der Waals surface area contributed by atoms with Crippen molar-refractivity contribution in [3.63, 3.8) is 0 Å². The molecule has 2 aromatic rings. The molecule has 0 spiro atoms. The zero-order valence-electron chi connectivity index (χ0n) is 17.0. The minimum Gasteiger partial charge on any atom is -0.480 e. The van der Waals surface area contributed by atoms with Crippen LogP contribution >= 0.6 is 0 Å². The second-order valence-corrected chi connectivity index (χ2v) is 9.23. The van der Waals surface area contributed by atoms with Gasteiger partial charge in [-0.3, -0.25) is 4.79 Å². The molecule has 162 valence electrons. The monoisotopic (exact) mass is 433 g/mol. The van der Waals surface area contributed by atoms with E-state index in [4.69, 9.17) is 16.6 Å². The molecule has 2 aromatic carbocycles. The molecule has 0 saturated carbocycles. The van der Waals surface area contributed by atoms with Crippen LogP contribution in [-0.4, -0.2) is 45.0 Å². The third-order valence-corrected chi connectivity index (χ3v) is 6.49. The number of nitrogens with two attached hydrogens (primary N) is 2. The highest BCUT2D eigenvalue weighted by molar-refractivity contribution is 7.92. The van der Waals surface area contributed by atoms with Crippen LogP contribution in [0.15, 0.2) is 63.7 Å². The lowest BCUT2D eigenvalue weighted by Crippen LogP contribution is -2.33. The van der Waals surface area contributed by atoms with Crippen molar-refractivity contribution in [2.75, 3.05) is 19.0 Å². The molecule has 0 radical (unpaired) electrons. The van der Waals surface area contributed by atoms with Crippen LogP contribution in [0.3, 0.4) is 0 Å². The molecule has 0 aliphatic heterocycles. The van der Waals surface area contributed by atoms with E-state index in [1.54, 1.807) is 12.1 Å². The van der Waals surface area contributed by atoms with E-state index in [0.29, 0.717) is 17.8 Å². The molecule has 2 rings (SSSR count). The fourth-order valence-corrected chi connectivity index (χ4v) is 3.97. The molecule has 2 atom stereocenters. The summed E-state index contributed by atoms with van der Waals surface area (Å²) in [6.07, 6.45) is 0.577. The number of hydrogen-bond acceptors (Lipinski definition) is 8. The van der Waals surface area contributed by atoms with Crippen LogP contribution in [0.5, 0.6) is 0 Å². The van der Waals surface area contributed by atoms with Crippen LogP contribution in [0.4, 0.5) is 17.1 Å². The van der Waals surface area contributed by atoms with Gasteiger partial charge in [-0.25, -0.2) is 8.42 Å². The number of carboxylic acids is 1. The van der Waals surface area contributed by atoms with E-state index in [2.05, 4.69) is 10.2 Å². The number of carboxylic acid groups (broad SMARTS) is 1. The third-order valence-electron chi connectivity index (χ3n) is 4.53. The van der Waals surface area contributed by atoms with Crippen molar-refractivity contribution in [2.45, 2.75) is 35.6 Å². The number of carbonyl (C=O) groups is 1. The van der Waals surface area contributed by atoms with Crippen molar-refractivity contribution in [3.05, 3.63) is 48.5 Å². The lowest BCUT2D eigenvalue weighted by molar-refractivity contribution is -0.138. The quantitative estimate of drug-likeness (QED) is 0.487. The number of sulfone groups is 1. The highest BCUT2D eigenvalue weighted by atomic mass is 32.2. The molecule has 1 unspecified atom stereocenters. The maximum Gasteiger partial charge on any atom is 0.320 e. The van der Waals surface area contributed by atoms with Gasteiger partial charge in [0.05, 0.1) is 16.3 Å². The molecule has 0 aliphatic carbocycles.